The zero-order valence-electron chi connectivity index (χ0n) is 10.6. The van der Waals surface area contributed by atoms with Crippen LogP contribution in [0.3, 0.4) is 0 Å². The molecule has 0 aromatic rings. The molecule has 0 amide bonds. The van der Waals surface area contributed by atoms with Gasteiger partial charge in [0.1, 0.15) is 0 Å². The number of nitrogens with zero attached hydrogens (tertiary/aromatic N) is 1. The van der Waals surface area contributed by atoms with Gasteiger partial charge in [0.15, 0.2) is 0 Å². The second kappa shape index (κ2) is 6.55. The summed E-state index contributed by atoms with van der Waals surface area (Å²) in [7, 11) is 0. The summed E-state index contributed by atoms with van der Waals surface area (Å²) < 4.78 is 0. The molecule has 96 valence electrons. The van der Waals surface area contributed by atoms with Crippen molar-refractivity contribution in [2.75, 3.05) is 32.8 Å². The van der Waals surface area contributed by atoms with Gasteiger partial charge in [0.05, 0.1) is 12.2 Å². The molecule has 0 aromatic heterocycles. The number of hydrogen-bond acceptors (Lipinski definition) is 4. The van der Waals surface area contributed by atoms with Crippen molar-refractivity contribution in [1.29, 1.82) is 0 Å². The summed E-state index contributed by atoms with van der Waals surface area (Å²) in [5, 5.41) is 22.5. The lowest BCUT2D eigenvalue weighted by atomic mass is 10.0. The van der Waals surface area contributed by atoms with Crippen molar-refractivity contribution >= 4 is 0 Å². The SMILES string of the molecule is CCC(C)(O)CN(CCO)CC1CCCN1. The molecule has 1 aliphatic heterocycles. The molecule has 4 nitrogen and oxygen atoms in total. The van der Waals surface area contributed by atoms with E-state index in [0.717, 1.165) is 19.5 Å². The first-order valence-electron chi connectivity index (χ1n) is 6.36. The molecule has 3 N–H and O–H groups in total. The molecule has 0 aliphatic carbocycles. The van der Waals surface area contributed by atoms with Crippen LogP contribution < -0.4 is 5.32 Å². The van der Waals surface area contributed by atoms with Gasteiger partial charge >= 0.3 is 0 Å². The van der Waals surface area contributed by atoms with Crippen molar-refractivity contribution in [3.05, 3.63) is 0 Å². The van der Waals surface area contributed by atoms with E-state index >= 15 is 0 Å². The average molecular weight is 230 g/mol. The molecule has 2 unspecified atom stereocenters. The summed E-state index contributed by atoms with van der Waals surface area (Å²) in [6.07, 6.45) is 3.19. The Hall–Kier alpha value is -0.160. The zero-order valence-corrected chi connectivity index (χ0v) is 10.6. The fraction of sp³-hybridized carbons (Fsp3) is 1.00. The standard InChI is InChI=1S/C12H26N2O2/c1-3-12(2,16)10-14(7-8-15)9-11-5-4-6-13-11/h11,13,15-16H,3-10H2,1-2H3. The Bertz CT molecular complexity index is 191. The maximum absolute atomic E-state index is 10.1. The largest absolute Gasteiger partial charge is 0.395 e. The first kappa shape index (κ1) is 13.9. The van der Waals surface area contributed by atoms with Gasteiger partial charge in [0, 0.05) is 25.7 Å². The fourth-order valence-corrected chi connectivity index (χ4v) is 2.19. The highest BCUT2D eigenvalue weighted by molar-refractivity contribution is 4.82. The maximum atomic E-state index is 10.1. The normalized spacial score (nSPS) is 24.9. The molecule has 0 saturated carbocycles. The van der Waals surface area contributed by atoms with Gasteiger partial charge in [-0.05, 0) is 32.7 Å². The Kier molecular flexibility index (Phi) is 5.69. The van der Waals surface area contributed by atoms with E-state index in [1.165, 1.54) is 12.8 Å². The van der Waals surface area contributed by atoms with Gasteiger partial charge in [-0.3, -0.25) is 4.90 Å². The van der Waals surface area contributed by atoms with Gasteiger partial charge in [0.2, 0.25) is 0 Å². The molecule has 0 bridgehead atoms. The highest BCUT2D eigenvalue weighted by Gasteiger charge is 2.24. The number of hydrogen-bond donors (Lipinski definition) is 3. The quantitative estimate of drug-likeness (QED) is 0.584. The van der Waals surface area contributed by atoms with Crippen molar-refractivity contribution in [3.8, 4) is 0 Å². The number of nitrogens with one attached hydrogen (secondary N) is 1. The molecule has 1 rings (SSSR count). The van der Waals surface area contributed by atoms with Crippen molar-refractivity contribution in [2.45, 2.75) is 44.8 Å². The van der Waals surface area contributed by atoms with E-state index in [4.69, 9.17) is 5.11 Å². The Morgan fingerprint density at radius 3 is 2.75 bits per heavy atom. The van der Waals surface area contributed by atoms with Gasteiger partial charge < -0.3 is 15.5 Å². The minimum Gasteiger partial charge on any atom is -0.395 e. The lowest BCUT2D eigenvalue weighted by molar-refractivity contribution is 0.0101. The fourth-order valence-electron chi connectivity index (χ4n) is 2.19. The summed E-state index contributed by atoms with van der Waals surface area (Å²) in [4.78, 5) is 2.16. The molecule has 16 heavy (non-hydrogen) atoms. The van der Waals surface area contributed by atoms with Gasteiger partial charge in [-0.25, -0.2) is 0 Å². The van der Waals surface area contributed by atoms with Crippen molar-refractivity contribution in [3.63, 3.8) is 0 Å². The molecule has 1 aliphatic rings. The Labute approximate surface area is 98.6 Å². The van der Waals surface area contributed by atoms with Crippen LogP contribution in [-0.4, -0.2) is 59.5 Å². The predicted octanol–water partition coefficient (Wildman–Crippen LogP) is 0.194. The third-order valence-corrected chi connectivity index (χ3v) is 3.38. The van der Waals surface area contributed by atoms with Crippen LogP contribution in [-0.2, 0) is 0 Å². The third kappa shape index (κ3) is 4.78. The molecule has 2 atom stereocenters. The highest BCUT2D eigenvalue weighted by atomic mass is 16.3. The van der Waals surface area contributed by atoms with Crippen molar-refractivity contribution < 1.29 is 10.2 Å². The van der Waals surface area contributed by atoms with Gasteiger partial charge in [-0.1, -0.05) is 6.92 Å². The monoisotopic (exact) mass is 230 g/mol. The smallest absolute Gasteiger partial charge is 0.0743 e. The molecule has 1 heterocycles. The molecule has 4 heteroatoms. The molecule has 0 radical (unpaired) electrons. The second-order valence-corrected chi connectivity index (χ2v) is 5.10. The minimum atomic E-state index is -0.645. The van der Waals surface area contributed by atoms with Gasteiger partial charge in [-0.15, -0.1) is 0 Å². The van der Waals surface area contributed by atoms with Crippen LogP contribution in [0.5, 0.6) is 0 Å². The lowest BCUT2D eigenvalue weighted by Crippen LogP contribution is -2.46. The number of rotatable bonds is 7. The van der Waals surface area contributed by atoms with E-state index in [-0.39, 0.29) is 6.61 Å². The summed E-state index contributed by atoms with van der Waals surface area (Å²) in [6, 6.07) is 0.527. The van der Waals surface area contributed by atoms with E-state index in [9.17, 15) is 5.11 Å². The van der Waals surface area contributed by atoms with Crippen LogP contribution in [0, 0.1) is 0 Å². The molecule has 1 saturated heterocycles. The molecular weight excluding hydrogens is 204 g/mol. The topological polar surface area (TPSA) is 55.7 Å². The summed E-state index contributed by atoms with van der Waals surface area (Å²) in [5.41, 5.74) is -0.645. The van der Waals surface area contributed by atoms with Crippen molar-refractivity contribution in [1.82, 2.24) is 10.2 Å². The maximum Gasteiger partial charge on any atom is 0.0743 e. The van der Waals surface area contributed by atoms with Crippen LogP contribution in [0.15, 0.2) is 0 Å². The van der Waals surface area contributed by atoms with Crippen LogP contribution in [0.25, 0.3) is 0 Å². The molecular formula is C12H26N2O2. The lowest BCUT2D eigenvalue weighted by Gasteiger charge is -2.32. The van der Waals surface area contributed by atoms with E-state index in [1.807, 2.05) is 13.8 Å². The highest BCUT2D eigenvalue weighted by Crippen LogP contribution is 2.13. The van der Waals surface area contributed by atoms with Crippen LogP contribution in [0.1, 0.15) is 33.1 Å². The number of aliphatic hydroxyl groups excluding tert-OH is 1. The molecule has 0 aromatic carbocycles. The second-order valence-electron chi connectivity index (χ2n) is 5.10. The predicted molar refractivity (Wildman–Crippen MR) is 65.5 cm³/mol. The van der Waals surface area contributed by atoms with E-state index < -0.39 is 5.60 Å². The van der Waals surface area contributed by atoms with E-state index in [2.05, 4.69) is 10.2 Å². The van der Waals surface area contributed by atoms with E-state index in [1.54, 1.807) is 0 Å². The summed E-state index contributed by atoms with van der Waals surface area (Å²) in [6.45, 7) is 7.33. The first-order valence-corrected chi connectivity index (χ1v) is 6.36. The Morgan fingerprint density at radius 2 is 2.25 bits per heavy atom. The number of aliphatic hydroxyl groups is 2. The first-order chi connectivity index (χ1) is 7.57. The van der Waals surface area contributed by atoms with Crippen LogP contribution in [0.2, 0.25) is 0 Å². The summed E-state index contributed by atoms with van der Waals surface area (Å²) in [5.74, 6) is 0. The summed E-state index contributed by atoms with van der Waals surface area (Å²) >= 11 is 0. The van der Waals surface area contributed by atoms with E-state index in [0.29, 0.717) is 19.1 Å². The van der Waals surface area contributed by atoms with Gasteiger partial charge in [0.25, 0.3) is 0 Å². The minimum absolute atomic E-state index is 0.159. The third-order valence-electron chi connectivity index (χ3n) is 3.38. The Balaban J connectivity index is 2.39. The molecule has 1 fully saturated rings. The average Bonchev–Trinajstić information content (AvgIpc) is 2.70. The Morgan fingerprint density at radius 1 is 1.50 bits per heavy atom. The van der Waals surface area contributed by atoms with Gasteiger partial charge in [-0.2, -0.15) is 0 Å². The van der Waals surface area contributed by atoms with Crippen LogP contribution >= 0.6 is 0 Å². The molecule has 0 spiro atoms. The zero-order chi connectivity index (χ0) is 12.0. The van der Waals surface area contributed by atoms with Crippen LogP contribution in [0.4, 0.5) is 0 Å². The van der Waals surface area contributed by atoms with Crippen molar-refractivity contribution in [2.24, 2.45) is 0 Å².